The van der Waals surface area contributed by atoms with E-state index in [9.17, 15) is 4.79 Å². The third kappa shape index (κ3) is 2.95. The van der Waals surface area contributed by atoms with Crippen LogP contribution in [0.25, 0.3) is 0 Å². The molecule has 0 aromatic heterocycles. The molecular formula is C15H21NO. The van der Waals surface area contributed by atoms with Crippen LogP contribution in [0.4, 0.5) is 0 Å². The first kappa shape index (κ1) is 12.3. The number of carbonyl (C=O) groups excluding carboxylic acids is 1. The number of carbonyl (C=O) groups is 1. The zero-order chi connectivity index (χ0) is 12.4. The number of rotatable bonds is 4. The Morgan fingerprint density at radius 1 is 1.29 bits per heavy atom. The van der Waals surface area contributed by atoms with Gasteiger partial charge in [-0.15, -0.1) is 0 Å². The summed E-state index contributed by atoms with van der Waals surface area (Å²) in [7, 11) is 0. The zero-order valence-corrected chi connectivity index (χ0v) is 10.9. The van der Waals surface area contributed by atoms with Crippen LogP contribution in [0.3, 0.4) is 0 Å². The SMILES string of the molecule is Cc1cc(C)cc(CC(=O)C(C)C2CNC2)c1. The van der Waals surface area contributed by atoms with E-state index in [1.807, 2.05) is 0 Å². The lowest BCUT2D eigenvalue weighted by Crippen LogP contribution is -2.47. The minimum absolute atomic E-state index is 0.192. The predicted molar refractivity (Wildman–Crippen MR) is 70.2 cm³/mol. The lowest BCUT2D eigenvalue weighted by Gasteiger charge is -2.31. The monoisotopic (exact) mass is 231 g/mol. The number of ketones is 1. The highest BCUT2D eigenvalue weighted by molar-refractivity contribution is 5.83. The van der Waals surface area contributed by atoms with Crippen molar-refractivity contribution in [3.05, 3.63) is 34.9 Å². The summed E-state index contributed by atoms with van der Waals surface area (Å²) in [5.74, 6) is 1.12. The second-order valence-electron chi connectivity index (χ2n) is 5.35. The summed E-state index contributed by atoms with van der Waals surface area (Å²) >= 11 is 0. The molecular weight excluding hydrogens is 210 g/mol. The zero-order valence-electron chi connectivity index (χ0n) is 10.9. The van der Waals surface area contributed by atoms with Crippen LogP contribution in [-0.4, -0.2) is 18.9 Å². The Hall–Kier alpha value is -1.15. The summed E-state index contributed by atoms with van der Waals surface area (Å²) < 4.78 is 0. The van der Waals surface area contributed by atoms with Crippen LogP contribution in [0, 0.1) is 25.7 Å². The number of hydrogen-bond donors (Lipinski definition) is 1. The van der Waals surface area contributed by atoms with Crippen LogP contribution >= 0.6 is 0 Å². The van der Waals surface area contributed by atoms with E-state index in [0.29, 0.717) is 18.1 Å². The fourth-order valence-corrected chi connectivity index (χ4v) is 2.46. The van der Waals surface area contributed by atoms with Crippen molar-refractivity contribution in [3.8, 4) is 0 Å². The van der Waals surface area contributed by atoms with Gasteiger partial charge in [-0.05, 0) is 38.4 Å². The van der Waals surface area contributed by atoms with Crippen molar-refractivity contribution in [2.45, 2.75) is 27.2 Å². The first-order valence-electron chi connectivity index (χ1n) is 6.37. The quantitative estimate of drug-likeness (QED) is 0.861. The molecule has 2 rings (SSSR count). The third-order valence-electron chi connectivity index (χ3n) is 3.69. The molecule has 1 heterocycles. The maximum absolute atomic E-state index is 12.1. The van der Waals surface area contributed by atoms with E-state index in [0.717, 1.165) is 18.7 Å². The van der Waals surface area contributed by atoms with Crippen molar-refractivity contribution in [2.75, 3.05) is 13.1 Å². The molecule has 1 fully saturated rings. The Morgan fingerprint density at radius 3 is 2.35 bits per heavy atom. The normalized spacial score (nSPS) is 17.6. The molecule has 1 aliphatic heterocycles. The number of nitrogens with one attached hydrogen (secondary N) is 1. The molecule has 1 N–H and O–H groups in total. The van der Waals surface area contributed by atoms with E-state index in [2.05, 4.69) is 44.3 Å². The van der Waals surface area contributed by atoms with Crippen LogP contribution in [-0.2, 0) is 11.2 Å². The molecule has 17 heavy (non-hydrogen) atoms. The molecule has 2 nitrogen and oxygen atoms in total. The van der Waals surface area contributed by atoms with Gasteiger partial charge in [0, 0.05) is 12.3 Å². The second kappa shape index (κ2) is 5.01. The maximum Gasteiger partial charge on any atom is 0.140 e. The maximum atomic E-state index is 12.1. The van der Waals surface area contributed by atoms with Crippen molar-refractivity contribution < 1.29 is 4.79 Å². The Labute approximate surface area is 103 Å². The van der Waals surface area contributed by atoms with Gasteiger partial charge in [-0.1, -0.05) is 36.2 Å². The van der Waals surface area contributed by atoms with Gasteiger partial charge in [0.25, 0.3) is 0 Å². The molecule has 0 saturated carbocycles. The van der Waals surface area contributed by atoms with E-state index in [4.69, 9.17) is 0 Å². The highest BCUT2D eigenvalue weighted by Gasteiger charge is 2.28. The van der Waals surface area contributed by atoms with Crippen molar-refractivity contribution in [2.24, 2.45) is 11.8 Å². The average Bonchev–Trinajstić information content (AvgIpc) is 2.12. The molecule has 1 unspecified atom stereocenters. The Bertz CT molecular complexity index is 401. The van der Waals surface area contributed by atoms with Crippen molar-refractivity contribution in [3.63, 3.8) is 0 Å². The topological polar surface area (TPSA) is 29.1 Å². The van der Waals surface area contributed by atoms with Crippen LogP contribution < -0.4 is 5.32 Å². The van der Waals surface area contributed by atoms with Crippen molar-refractivity contribution in [1.82, 2.24) is 5.32 Å². The molecule has 1 saturated heterocycles. The Morgan fingerprint density at radius 2 is 1.88 bits per heavy atom. The summed E-state index contributed by atoms with van der Waals surface area (Å²) in [5.41, 5.74) is 3.64. The fraction of sp³-hybridized carbons (Fsp3) is 0.533. The van der Waals surface area contributed by atoms with Crippen LogP contribution in [0.2, 0.25) is 0 Å². The standard InChI is InChI=1S/C15H21NO/c1-10-4-11(2)6-13(5-10)7-15(17)12(3)14-8-16-9-14/h4-6,12,14,16H,7-9H2,1-3H3. The summed E-state index contributed by atoms with van der Waals surface area (Å²) in [6.07, 6.45) is 0.584. The predicted octanol–water partition coefficient (Wildman–Crippen LogP) is 2.27. The molecule has 1 atom stereocenters. The van der Waals surface area contributed by atoms with Crippen LogP contribution in [0.15, 0.2) is 18.2 Å². The van der Waals surface area contributed by atoms with Gasteiger partial charge in [0.2, 0.25) is 0 Å². The lowest BCUT2D eigenvalue weighted by atomic mass is 9.84. The molecule has 0 amide bonds. The molecule has 1 aromatic rings. The molecule has 0 bridgehead atoms. The highest BCUT2D eigenvalue weighted by Crippen LogP contribution is 2.19. The highest BCUT2D eigenvalue weighted by atomic mass is 16.1. The van der Waals surface area contributed by atoms with Gasteiger partial charge in [0.1, 0.15) is 5.78 Å². The van der Waals surface area contributed by atoms with E-state index in [1.165, 1.54) is 11.1 Å². The molecule has 92 valence electrons. The van der Waals surface area contributed by atoms with Gasteiger partial charge < -0.3 is 5.32 Å². The number of aryl methyl sites for hydroxylation is 2. The van der Waals surface area contributed by atoms with Crippen LogP contribution in [0.1, 0.15) is 23.6 Å². The molecule has 0 radical (unpaired) electrons. The van der Waals surface area contributed by atoms with Crippen molar-refractivity contribution in [1.29, 1.82) is 0 Å². The summed E-state index contributed by atoms with van der Waals surface area (Å²) in [4.78, 5) is 12.1. The van der Waals surface area contributed by atoms with Gasteiger partial charge in [-0.3, -0.25) is 4.79 Å². The lowest BCUT2D eigenvalue weighted by molar-refractivity contribution is -0.123. The van der Waals surface area contributed by atoms with Crippen molar-refractivity contribution >= 4 is 5.78 Å². The Kier molecular flexibility index (Phi) is 3.63. The minimum atomic E-state index is 0.192. The molecule has 0 aliphatic carbocycles. The van der Waals surface area contributed by atoms with Gasteiger partial charge >= 0.3 is 0 Å². The van der Waals surface area contributed by atoms with E-state index in [-0.39, 0.29) is 5.92 Å². The van der Waals surface area contributed by atoms with E-state index >= 15 is 0 Å². The second-order valence-corrected chi connectivity index (χ2v) is 5.35. The summed E-state index contributed by atoms with van der Waals surface area (Å²) in [6.45, 7) is 8.23. The molecule has 2 heteroatoms. The third-order valence-corrected chi connectivity index (χ3v) is 3.69. The van der Waals surface area contributed by atoms with Gasteiger partial charge in [0.05, 0.1) is 0 Å². The largest absolute Gasteiger partial charge is 0.316 e. The minimum Gasteiger partial charge on any atom is -0.316 e. The average molecular weight is 231 g/mol. The van der Waals surface area contributed by atoms with Gasteiger partial charge in [-0.25, -0.2) is 0 Å². The number of hydrogen-bond acceptors (Lipinski definition) is 2. The number of Topliss-reactive ketones (excluding diaryl/α,β-unsaturated/α-hetero) is 1. The fourth-order valence-electron chi connectivity index (χ4n) is 2.46. The number of benzene rings is 1. The molecule has 0 spiro atoms. The van der Waals surface area contributed by atoms with Crippen LogP contribution in [0.5, 0.6) is 0 Å². The first-order chi connectivity index (χ1) is 8.06. The molecule has 1 aromatic carbocycles. The Balaban J connectivity index is 2.01. The molecule has 1 aliphatic rings. The summed E-state index contributed by atoms with van der Waals surface area (Å²) in [6, 6.07) is 6.39. The smallest absolute Gasteiger partial charge is 0.140 e. The van der Waals surface area contributed by atoms with Gasteiger partial charge in [-0.2, -0.15) is 0 Å². The van der Waals surface area contributed by atoms with Gasteiger partial charge in [0.15, 0.2) is 0 Å². The van der Waals surface area contributed by atoms with E-state index < -0.39 is 0 Å². The summed E-state index contributed by atoms with van der Waals surface area (Å²) in [5, 5.41) is 3.23. The first-order valence-corrected chi connectivity index (χ1v) is 6.37. The van der Waals surface area contributed by atoms with E-state index in [1.54, 1.807) is 0 Å².